The molecule has 7 nitrogen and oxygen atoms in total. The molecule has 3 aromatic rings. The summed E-state index contributed by atoms with van der Waals surface area (Å²) in [7, 11) is 1.55. The molecular formula is C17H18BrN5O2. The molecule has 1 unspecified atom stereocenters. The first-order chi connectivity index (χ1) is 12.1. The van der Waals surface area contributed by atoms with E-state index in [0.29, 0.717) is 21.9 Å². The standard InChI is InChI=1S/C17H18BrN5O2/c1-3-6-11(16-22-21-14-7-4-5-10-23(14)16)20-17(24)12-8-9-13(25-2)15(18)19-12/h4-5,7-11H,3,6H2,1-2H3,(H,20,24). The second-order valence-corrected chi connectivity index (χ2v) is 6.24. The highest BCUT2D eigenvalue weighted by Crippen LogP contribution is 2.23. The maximum Gasteiger partial charge on any atom is 0.270 e. The van der Waals surface area contributed by atoms with Crippen LogP contribution in [0, 0.1) is 0 Å². The van der Waals surface area contributed by atoms with Gasteiger partial charge < -0.3 is 10.1 Å². The predicted octanol–water partition coefficient (Wildman–Crippen LogP) is 3.17. The van der Waals surface area contributed by atoms with E-state index >= 15 is 0 Å². The van der Waals surface area contributed by atoms with Crippen molar-refractivity contribution in [1.29, 1.82) is 0 Å². The summed E-state index contributed by atoms with van der Waals surface area (Å²) in [4.78, 5) is 16.9. The molecule has 0 saturated carbocycles. The fourth-order valence-electron chi connectivity index (χ4n) is 2.58. The van der Waals surface area contributed by atoms with Crippen molar-refractivity contribution in [3.63, 3.8) is 0 Å². The summed E-state index contributed by atoms with van der Waals surface area (Å²) in [6, 6.07) is 8.77. The topological polar surface area (TPSA) is 81.4 Å². The minimum absolute atomic E-state index is 0.252. The molecule has 3 heterocycles. The fraction of sp³-hybridized carbons (Fsp3) is 0.294. The van der Waals surface area contributed by atoms with Crippen LogP contribution in [0.5, 0.6) is 5.75 Å². The van der Waals surface area contributed by atoms with Crippen molar-refractivity contribution in [2.75, 3.05) is 7.11 Å². The lowest BCUT2D eigenvalue weighted by atomic mass is 10.1. The number of carbonyl (C=O) groups is 1. The number of hydrogen-bond acceptors (Lipinski definition) is 5. The molecule has 25 heavy (non-hydrogen) atoms. The van der Waals surface area contributed by atoms with E-state index in [0.717, 1.165) is 18.5 Å². The summed E-state index contributed by atoms with van der Waals surface area (Å²) in [5, 5.41) is 11.4. The van der Waals surface area contributed by atoms with Gasteiger partial charge in [0.25, 0.3) is 5.91 Å². The average Bonchev–Trinajstić information content (AvgIpc) is 3.05. The molecule has 0 fully saturated rings. The number of fused-ring (bicyclic) bond motifs is 1. The summed E-state index contributed by atoms with van der Waals surface area (Å²) < 4.78 is 7.52. The number of ether oxygens (including phenoxy) is 1. The monoisotopic (exact) mass is 403 g/mol. The number of rotatable bonds is 6. The number of aromatic nitrogens is 4. The van der Waals surface area contributed by atoms with Crippen LogP contribution in [0.1, 0.15) is 42.1 Å². The van der Waals surface area contributed by atoms with Gasteiger partial charge in [0, 0.05) is 6.20 Å². The number of halogens is 1. The Bertz CT molecular complexity index is 896. The Morgan fingerprint density at radius 2 is 2.16 bits per heavy atom. The van der Waals surface area contributed by atoms with Crippen LogP contribution in [0.2, 0.25) is 0 Å². The second kappa shape index (κ2) is 7.60. The number of pyridine rings is 2. The van der Waals surface area contributed by atoms with Gasteiger partial charge in [-0.25, -0.2) is 4.98 Å². The van der Waals surface area contributed by atoms with Gasteiger partial charge in [0.2, 0.25) is 0 Å². The molecule has 0 aromatic carbocycles. The van der Waals surface area contributed by atoms with Gasteiger partial charge in [0.1, 0.15) is 10.3 Å². The third kappa shape index (κ3) is 3.63. The molecule has 0 aliphatic heterocycles. The Balaban J connectivity index is 1.86. The van der Waals surface area contributed by atoms with Crippen LogP contribution in [-0.2, 0) is 0 Å². The first-order valence-electron chi connectivity index (χ1n) is 7.95. The number of amides is 1. The summed E-state index contributed by atoms with van der Waals surface area (Å²) >= 11 is 3.30. The highest BCUT2D eigenvalue weighted by molar-refractivity contribution is 9.10. The molecule has 1 atom stereocenters. The minimum atomic E-state index is -0.269. The Morgan fingerprint density at radius 3 is 2.88 bits per heavy atom. The van der Waals surface area contributed by atoms with E-state index in [4.69, 9.17) is 4.74 Å². The largest absolute Gasteiger partial charge is 0.494 e. The molecule has 3 rings (SSSR count). The van der Waals surface area contributed by atoms with Gasteiger partial charge in [0.15, 0.2) is 17.2 Å². The van der Waals surface area contributed by atoms with Crippen molar-refractivity contribution < 1.29 is 9.53 Å². The molecule has 0 bridgehead atoms. The first-order valence-corrected chi connectivity index (χ1v) is 8.74. The lowest BCUT2D eigenvalue weighted by Crippen LogP contribution is -2.30. The van der Waals surface area contributed by atoms with Crippen LogP contribution in [0.3, 0.4) is 0 Å². The molecule has 0 spiro atoms. The lowest BCUT2D eigenvalue weighted by Gasteiger charge is -2.16. The van der Waals surface area contributed by atoms with E-state index in [-0.39, 0.29) is 11.9 Å². The van der Waals surface area contributed by atoms with Crippen LogP contribution in [0.15, 0.2) is 41.1 Å². The Kier molecular flexibility index (Phi) is 5.28. The number of nitrogens with one attached hydrogen (secondary N) is 1. The van der Waals surface area contributed by atoms with Gasteiger partial charge in [-0.05, 0) is 46.6 Å². The molecule has 3 aromatic heterocycles. The van der Waals surface area contributed by atoms with E-state index in [2.05, 4.69) is 43.4 Å². The van der Waals surface area contributed by atoms with Crippen molar-refractivity contribution in [3.8, 4) is 5.75 Å². The molecule has 0 saturated heterocycles. The first kappa shape index (κ1) is 17.3. The molecule has 1 amide bonds. The number of methoxy groups -OCH3 is 1. The van der Waals surface area contributed by atoms with Crippen molar-refractivity contribution in [3.05, 3.63) is 52.7 Å². The van der Waals surface area contributed by atoms with Gasteiger partial charge in [0.05, 0.1) is 13.2 Å². The van der Waals surface area contributed by atoms with Gasteiger partial charge in [-0.2, -0.15) is 0 Å². The van der Waals surface area contributed by atoms with Gasteiger partial charge in [-0.1, -0.05) is 19.4 Å². The molecule has 1 N–H and O–H groups in total. The van der Waals surface area contributed by atoms with Crippen molar-refractivity contribution in [1.82, 2.24) is 24.9 Å². The molecule has 0 aliphatic carbocycles. The molecule has 0 aliphatic rings. The molecular weight excluding hydrogens is 386 g/mol. The fourth-order valence-corrected chi connectivity index (χ4v) is 3.07. The van der Waals surface area contributed by atoms with Crippen molar-refractivity contribution in [2.24, 2.45) is 0 Å². The van der Waals surface area contributed by atoms with Crippen molar-refractivity contribution >= 4 is 27.5 Å². The molecule has 130 valence electrons. The van der Waals surface area contributed by atoms with Gasteiger partial charge >= 0.3 is 0 Å². The van der Waals surface area contributed by atoms with E-state index < -0.39 is 0 Å². The minimum Gasteiger partial charge on any atom is -0.494 e. The predicted molar refractivity (Wildman–Crippen MR) is 96.6 cm³/mol. The van der Waals surface area contributed by atoms with E-state index in [1.807, 2.05) is 28.8 Å². The van der Waals surface area contributed by atoms with Gasteiger partial charge in [-0.3, -0.25) is 9.20 Å². The quantitative estimate of drug-likeness (QED) is 0.639. The van der Waals surface area contributed by atoms with Crippen LogP contribution in [-0.4, -0.2) is 32.6 Å². The number of nitrogens with zero attached hydrogens (tertiary/aromatic N) is 4. The molecule has 0 radical (unpaired) electrons. The smallest absolute Gasteiger partial charge is 0.270 e. The Morgan fingerprint density at radius 1 is 1.32 bits per heavy atom. The molecule has 8 heteroatoms. The zero-order chi connectivity index (χ0) is 17.8. The van der Waals surface area contributed by atoms with Crippen LogP contribution in [0.4, 0.5) is 0 Å². The third-order valence-electron chi connectivity index (χ3n) is 3.80. The summed E-state index contributed by atoms with van der Waals surface area (Å²) in [5.74, 6) is 1.01. The maximum absolute atomic E-state index is 12.6. The normalized spacial score (nSPS) is 12.1. The summed E-state index contributed by atoms with van der Waals surface area (Å²) in [6.07, 6.45) is 3.53. The van der Waals surface area contributed by atoms with Crippen LogP contribution in [0.25, 0.3) is 5.65 Å². The highest BCUT2D eigenvalue weighted by atomic mass is 79.9. The highest BCUT2D eigenvalue weighted by Gasteiger charge is 2.21. The van der Waals surface area contributed by atoms with Crippen LogP contribution >= 0.6 is 15.9 Å². The maximum atomic E-state index is 12.6. The van der Waals surface area contributed by atoms with Crippen LogP contribution < -0.4 is 10.1 Å². The Labute approximate surface area is 153 Å². The zero-order valence-corrected chi connectivity index (χ0v) is 15.5. The van der Waals surface area contributed by atoms with E-state index in [1.165, 1.54) is 0 Å². The summed E-state index contributed by atoms with van der Waals surface area (Å²) in [5.41, 5.74) is 1.06. The Hall–Kier alpha value is -2.48. The van der Waals surface area contributed by atoms with E-state index in [9.17, 15) is 4.79 Å². The second-order valence-electron chi connectivity index (χ2n) is 5.49. The van der Waals surface area contributed by atoms with E-state index in [1.54, 1.807) is 19.2 Å². The van der Waals surface area contributed by atoms with Gasteiger partial charge in [-0.15, -0.1) is 10.2 Å². The SMILES string of the molecule is CCCC(NC(=O)c1ccc(OC)c(Br)n1)c1nnc2ccccn12. The third-order valence-corrected chi connectivity index (χ3v) is 4.37. The zero-order valence-electron chi connectivity index (χ0n) is 13.9. The van der Waals surface area contributed by atoms with Crippen molar-refractivity contribution in [2.45, 2.75) is 25.8 Å². The number of hydrogen-bond donors (Lipinski definition) is 1. The average molecular weight is 404 g/mol. The lowest BCUT2D eigenvalue weighted by molar-refractivity contribution is 0.0927. The number of carbonyl (C=O) groups excluding carboxylic acids is 1. The summed E-state index contributed by atoms with van der Waals surface area (Å²) in [6.45, 7) is 2.06.